The Morgan fingerprint density at radius 1 is 1.00 bits per heavy atom. The van der Waals surface area contributed by atoms with Crippen molar-refractivity contribution in [3.05, 3.63) is 51.5 Å². The zero-order chi connectivity index (χ0) is 18.7. The lowest BCUT2D eigenvalue weighted by atomic mass is 10.2. The summed E-state index contributed by atoms with van der Waals surface area (Å²) in [7, 11) is 1.56. The Balaban J connectivity index is 1.64. The van der Waals surface area contributed by atoms with Crippen LogP contribution in [0.25, 0.3) is 0 Å². The summed E-state index contributed by atoms with van der Waals surface area (Å²) in [4.78, 5) is 34.0. The summed E-state index contributed by atoms with van der Waals surface area (Å²) in [6, 6.07) is 6.71. The van der Waals surface area contributed by atoms with Gasteiger partial charge in [-0.2, -0.15) is 0 Å². The number of hydrogen-bond donors (Lipinski definition) is 2. The van der Waals surface area contributed by atoms with Crippen molar-refractivity contribution in [3.8, 4) is 5.75 Å². The van der Waals surface area contributed by atoms with Crippen LogP contribution in [0.1, 0.15) is 31.4 Å². The number of nitrogens with one attached hydrogen (secondary N) is 2. The smallest absolute Gasteiger partial charge is 0.276 e. The van der Waals surface area contributed by atoms with Crippen LogP contribution < -0.4 is 15.4 Å². The van der Waals surface area contributed by atoms with Gasteiger partial charge < -0.3 is 4.74 Å². The molecule has 0 radical (unpaired) electrons. The average Bonchev–Trinajstić information content (AvgIpc) is 3.21. The van der Waals surface area contributed by atoms with Gasteiger partial charge in [-0.15, -0.1) is 22.7 Å². The van der Waals surface area contributed by atoms with Gasteiger partial charge in [0.25, 0.3) is 11.8 Å². The van der Waals surface area contributed by atoms with E-state index < -0.39 is 0 Å². The molecule has 2 N–H and O–H groups in total. The summed E-state index contributed by atoms with van der Waals surface area (Å²) in [5.74, 6) is 0.00231. The van der Waals surface area contributed by atoms with Gasteiger partial charge in [0.2, 0.25) is 0 Å². The Kier molecular flexibility index (Phi) is 5.29. The Hall–Kier alpha value is -2.78. The fourth-order valence-electron chi connectivity index (χ4n) is 2.03. The van der Waals surface area contributed by atoms with Gasteiger partial charge in [0.15, 0.2) is 10.3 Å². The number of amides is 2. The number of aryl methyl sites for hydroxylation is 2. The summed E-state index contributed by atoms with van der Waals surface area (Å²) < 4.78 is 5.06. The molecular formula is C17H16N4O3S2. The van der Waals surface area contributed by atoms with Crippen molar-refractivity contribution in [2.45, 2.75) is 13.8 Å². The number of aromatic nitrogens is 2. The number of nitrogens with zero attached hydrogens (tertiary/aromatic N) is 2. The van der Waals surface area contributed by atoms with Crippen molar-refractivity contribution in [3.63, 3.8) is 0 Å². The number of anilines is 2. The lowest BCUT2D eigenvalue weighted by Gasteiger charge is -2.03. The Bertz CT molecular complexity index is 928. The minimum Gasteiger partial charge on any atom is -0.497 e. The van der Waals surface area contributed by atoms with E-state index in [1.54, 1.807) is 36.8 Å². The van der Waals surface area contributed by atoms with Gasteiger partial charge in [-0.3, -0.25) is 20.2 Å². The van der Waals surface area contributed by atoms with E-state index in [-0.39, 0.29) is 17.5 Å². The molecule has 3 rings (SSSR count). The van der Waals surface area contributed by atoms with Gasteiger partial charge in [0.05, 0.1) is 12.8 Å². The fourth-order valence-corrected chi connectivity index (χ4v) is 3.53. The maximum absolute atomic E-state index is 12.2. The van der Waals surface area contributed by atoms with Crippen LogP contribution in [0.4, 0.5) is 10.3 Å². The van der Waals surface area contributed by atoms with E-state index in [2.05, 4.69) is 20.6 Å². The molecule has 134 valence electrons. The highest BCUT2D eigenvalue weighted by Crippen LogP contribution is 2.23. The van der Waals surface area contributed by atoms with Crippen molar-refractivity contribution in [2.75, 3.05) is 17.7 Å². The summed E-state index contributed by atoms with van der Waals surface area (Å²) in [5, 5.41) is 7.87. The van der Waals surface area contributed by atoms with Crippen molar-refractivity contribution in [1.82, 2.24) is 9.97 Å². The summed E-state index contributed by atoms with van der Waals surface area (Å²) in [6.07, 6.45) is 0. The van der Waals surface area contributed by atoms with Gasteiger partial charge >= 0.3 is 0 Å². The molecule has 9 heteroatoms. The minimum atomic E-state index is -0.361. The lowest BCUT2D eigenvalue weighted by Crippen LogP contribution is -2.14. The van der Waals surface area contributed by atoms with E-state index in [4.69, 9.17) is 4.74 Å². The third-order valence-electron chi connectivity index (χ3n) is 3.56. The van der Waals surface area contributed by atoms with Crippen LogP contribution in [0.3, 0.4) is 0 Å². The number of hydrogen-bond acceptors (Lipinski definition) is 7. The molecule has 1 aromatic carbocycles. The first-order valence-corrected chi connectivity index (χ1v) is 9.32. The topological polar surface area (TPSA) is 93.2 Å². The number of benzene rings is 1. The van der Waals surface area contributed by atoms with Crippen molar-refractivity contribution in [1.29, 1.82) is 0 Å². The van der Waals surface area contributed by atoms with Gasteiger partial charge in [0.1, 0.15) is 11.4 Å². The van der Waals surface area contributed by atoms with E-state index in [0.29, 0.717) is 21.6 Å². The molecule has 2 amide bonds. The zero-order valence-corrected chi connectivity index (χ0v) is 16.0. The van der Waals surface area contributed by atoms with Crippen LogP contribution in [0, 0.1) is 13.8 Å². The molecule has 0 aliphatic rings. The minimum absolute atomic E-state index is 0.227. The SMILES string of the molecule is COc1ccc(C(=O)Nc2nc(C(=O)Nc3nc(C)c(C)s3)cs2)cc1. The summed E-state index contributed by atoms with van der Waals surface area (Å²) in [6.45, 7) is 3.83. The number of carbonyl (C=O) groups is 2. The molecule has 0 unspecified atom stereocenters. The highest BCUT2D eigenvalue weighted by atomic mass is 32.1. The molecule has 0 spiro atoms. The molecule has 2 aromatic heterocycles. The lowest BCUT2D eigenvalue weighted by molar-refractivity contribution is 0.101. The molecule has 0 fully saturated rings. The third kappa shape index (κ3) is 4.06. The van der Waals surface area contributed by atoms with Crippen LogP contribution in [-0.2, 0) is 0 Å². The number of rotatable bonds is 5. The van der Waals surface area contributed by atoms with Crippen LogP contribution >= 0.6 is 22.7 Å². The maximum Gasteiger partial charge on any atom is 0.276 e. The molecular weight excluding hydrogens is 372 g/mol. The fraction of sp³-hybridized carbons (Fsp3) is 0.176. The predicted octanol–water partition coefficient (Wildman–Crippen LogP) is 3.73. The van der Waals surface area contributed by atoms with Gasteiger partial charge in [0, 0.05) is 15.8 Å². The highest BCUT2D eigenvalue weighted by Gasteiger charge is 2.15. The van der Waals surface area contributed by atoms with E-state index in [9.17, 15) is 9.59 Å². The maximum atomic E-state index is 12.2. The molecule has 0 aliphatic carbocycles. The second-order valence-corrected chi connectivity index (χ2v) is 7.40. The number of carbonyl (C=O) groups excluding carboxylic acids is 2. The molecule has 26 heavy (non-hydrogen) atoms. The molecule has 7 nitrogen and oxygen atoms in total. The molecule has 0 saturated carbocycles. The normalized spacial score (nSPS) is 10.4. The third-order valence-corrected chi connectivity index (χ3v) is 5.30. The molecule has 0 bridgehead atoms. The van der Waals surface area contributed by atoms with Crippen molar-refractivity contribution >= 4 is 44.8 Å². The quantitative estimate of drug-likeness (QED) is 0.695. The molecule has 2 heterocycles. The number of methoxy groups -OCH3 is 1. The molecule has 0 atom stereocenters. The van der Waals surface area contributed by atoms with Crippen LogP contribution in [-0.4, -0.2) is 28.9 Å². The van der Waals surface area contributed by atoms with Gasteiger partial charge in [-0.25, -0.2) is 9.97 Å². The number of ether oxygens (including phenoxy) is 1. The van der Waals surface area contributed by atoms with E-state index >= 15 is 0 Å². The Morgan fingerprint density at radius 3 is 2.31 bits per heavy atom. The average molecular weight is 388 g/mol. The second kappa shape index (κ2) is 7.63. The highest BCUT2D eigenvalue weighted by molar-refractivity contribution is 7.16. The van der Waals surface area contributed by atoms with E-state index in [1.165, 1.54) is 22.7 Å². The second-order valence-electron chi connectivity index (χ2n) is 5.34. The Labute approximate surface area is 158 Å². The van der Waals surface area contributed by atoms with E-state index in [0.717, 1.165) is 10.6 Å². The molecule has 0 saturated heterocycles. The van der Waals surface area contributed by atoms with E-state index in [1.807, 2.05) is 13.8 Å². The van der Waals surface area contributed by atoms with Crippen LogP contribution in [0.5, 0.6) is 5.75 Å². The largest absolute Gasteiger partial charge is 0.497 e. The zero-order valence-electron chi connectivity index (χ0n) is 14.3. The Morgan fingerprint density at radius 2 is 1.69 bits per heavy atom. The first kappa shape index (κ1) is 18.0. The monoisotopic (exact) mass is 388 g/mol. The van der Waals surface area contributed by atoms with Crippen LogP contribution in [0.2, 0.25) is 0 Å². The number of thiazole rings is 2. The molecule has 3 aromatic rings. The standard InChI is InChI=1S/C17H16N4O3S2/c1-9-10(2)26-17(18-9)21-15(23)13-8-25-16(19-13)20-14(22)11-4-6-12(24-3)7-5-11/h4-8H,1-3H3,(H,18,21,23)(H,19,20,22). The van der Waals surface area contributed by atoms with Crippen LogP contribution in [0.15, 0.2) is 29.6 Å². The van der Waals surface area contributed by atoms with Crippen molar-refractivity contribution < 1.29 is 14.3 Å². The van der Waals surface area contributed by atoms with Gasteiger partial charge in [-0.05, 0) is 38.1 Å². The summed E-state index contributed by atoms with van der Waals surface area (Å²) in [5.41, 5.74) is 1.59. The van der Waals surface area contributed by atoms with Gasteiger partial charge in [-0.1, -0.05) is 0 Å². The summed E-state index contributed by atoms with van der Waals surface area (Å²) >= 11 is 2.59. The predicted molar refractivity (Wildman–Crippen MR) is 103 cm³/mol. The molecule has 0 aliphatic heterocycles. The first-order chi connectivity index (χ1) is 12.5. The first-order valence-electron chi connectivity index (χ1n) is 7.62. The van der Waals surface area contributed by atoms with Crippen molar-refractivity contribution in [2.24, 2.45) is 0 Å².